The van der Waals surface area contributed by atoms with Crippen LogP contribution in [0.2, 0.25) is 0 Å². The predicted octanol–water partition coefficient (Wildman–Crippen LogP) is 2.51. The van der Waals surface area contributed by atoms with E-state index in [4.69, 9.17) is 0 Å². The van der Waals surface area contributed by atoms with Crippen molar-refractivity contribution in [3.05, 3.63) is 0 Å². The maximum absolute atomic E-state index is 4.34. The normalized spacial score (nSPS) is 33.2. The van der Waals surface area contributed by atoms with Crippen LogP contribution in [0.5, 0.6) is 0 Å². The fourth-order valence-corrected chi connectivity index (χ4v) is 1.52. The number of rotatable bonds is 1. The lowest BCUT2D eigenvalue weighted by molar-refractivity contribution is 0.340. The smallest absolute Gasteiger partial charge is 0.0470 e. The zero-order valence-corrected chi connectivity index (χ0v) is 7.17. The van der Waals surface area contributed by atoms with Gasteiger partial charge < -0.3 is 0 Å². The topological polar surface area (TPSA) is 12.4 Å². The van der Waals surface area contributed by atoms with Crippen LogP contribution in [0, 0.1) is 11.8 Å². The number of aliphatic imine (C=N–C) groups is 1. The van der Waals surface area contributed by atoms with Crippen LogP contribution in [-0.4, -0.2) is 12.3 Å². The molecular formula is C9H17N. The van der Waals surface area contributed by atoms with Crippen LogP contribution in [-0.2, 0) is 0 Å². The third-order valence-electron chi connectivity index (χ3n) is 2.35. The predicted molar refractivity (Wildman–Crippen MR) is 45.5 cm³/mol. The molecular weight excluding hydrogens is 122 g/mol. The molecule has 0 aromatic heterocycles. The lowest BCUT2D eigenvalue weighted by Gasteiger charge is -2.24. The van der Waals surface area contributed by atoms with E-state index in [9.17, 15) is 0 Å². The molecule has 10 heavy (non-hydrogen) atoms. The van der Waals surface area contributed by atoms with Gasteiger partial charge in [0.15, 0.2) is 0 Å². The standard InChI is InChI=1S/C9H17N/c1-7(2)9-4-5-10-8(3)6-9/h5,7-9H,4,6H2,1-3H3. The molecule has 2 atom stereocenters. The maximum Gasteiger partial charge on any atom is 0.0470 e. The number of nitrogens with zero attached hydrogens (tertiary/aromatic N) is 1. The number of hydrogen-bond donors (Lipinski definition) is 0. The van der Waals surface area contributed by atoms with E-state index in [2.05, 4.69) is 32.0 Å². The molecule has 0 N–H and O–H groups in total. The van der Waals surface area contributed by atoms with Gasteiger partial charge in [0.05, 0.1) is 0 Å². The zero-order chi connectivity index (χ0) is 7.56. The van der Waals surface area contributed by atoms with Crippen molar-refractivity contribution in [3.63, 3.8) is 0 Å². The maximum atomic E-state index is 4.34. The Hall–Kier alpha value is -0.330. The van der Waals surface area contributed by atoms with Gasteiger partial charge in [0.2, 0.25) is 0 Å². The van der Waals surface area contributed by atoms with E-state index in [0.717, 1.165) is 11.8 Å². The summed E-state index contributed by atoms with van der Waals surface area (Å²) in [5.74, 6) is 1.71. The summed E-state index contributed by atoms with van der Waals surface area (Å²) in [7, 11) is 0. The van der Waals surface area contributed by atoms with Gasteiger partial charge in [0.1, 0.15) is 0 Å². The molecule has 0 aromatic rings. The van der Waals surface area contributed by atoms with Gasteiger partial charge in [-0.2, -0.15) is 0 Å². The minimum Gasteiger partial charge on any atom is -0.294 e. The Morgan fingerprint density at radius 3 is 2.60 bits per heavy atom. The molecule has 0 radical (unpaired) electrons. The summed E-state index contributed by atoms with van der Waals surface area (Å²) in [6.07, 6.45) is 4.58. The van der Waals surface area contributed by atoms with E-state index < -0.39 is 0 Å². The molecule has 0 amide bonds. The van der Waals surface area contributed by atoms with Crippen LogP contribution in [0.15, 0.2) is 4.99 Å². The highest BCUT2D eigenvalue weighted by Gasteiger charge is 2.17. The van der Waals surface area contributed by atoms with E-state index in [1.54, 1.807) is 0 Å². The van der Waals surface area contributed by atoms with Crippen LogP contribution >= 0.6 is 0 Å². The average Bonchev–Trinajstić information content (AvgIpc) is 1.88. The summed E-state index contributed by atoms with van der Waals surface area (Å²) in [6, 6.07) is 0.571. The van der Waals surface area contributed by atoms with Gasteiger partial charge in [0.25, 0.3) is 0 Å². The minimum absolute atomic E-state index is 0.571. The summed E-state index contributed by atoms with van der Waals surface area (Å²) in [5.41, 5.74) is 0. The van der Waals surface area contributed by atoms with Gasteiger partial charge in [0, 0.05) is 6.04 Å². The van der Waals surface area contributed by atoms with Crippen molar-refractivity contribution in [3.8, 4) is 0 Å². The largest absolute Gasteiger partial charge is 0.294 e. The minimum atomic E-state index is 0.571. The van der Waals surface area contributed by atoms with Gasteiger partial charge >= 0.3 is 0 Å². The fourth-order valence-electron chi connectivity index (χ4n) is 1.52. The van der Waals surface area contributed by atoms with E-state index in [-0.39, 0.29) is 0 Å². The molecule has 0 bridgehead atoms. The molecule has 0 fully saturated rings. The van der Waals surface area contributed by atoms with Gasteiger partial charge in [-0.1, -0.05) is 13.8 Å². The first-order chi connectivity index (χ1) is 4.70. The number of hydrogen-bond acceptors (Lipinski definition) is 1. The van der Waals surface area contributed by atoms with Crippen LogP contribution < -0.4 is 0 Å². The zero-order valence-electron chi connectivity index (χ0n) is 7.17. The van der Waals surface area contributed by atoms with E-state index in [1.807, 2.05) is 0 Å². The van der Waals surface area contributed by atoms with Crippen molar-refractivity contribution in [1.82, 2.24) is 0 Å². The van der Waals surface area contributed by atoms with E-state index in [0.29, 0.717) is 6.04 Å². The van der Waals surface area contributed by atoms with Gasteiger partial charge in [-0.15, -0.1) is 0 Å². The lowest BCUT2D eigenvalue weighted by atomic mass is 9.86. The Morgan fingerprint density at radius 2 is 2.20 bits per heavy atom. The first-order valence-corrected chi connectivity index (χ1v) is 4.21. The first kappa shape index (κ1) is 7.77. The summed E-state index contributed by atoms with van der Waals surface area (Å²) in [5, 5.41) is 0. The highest BCUT2D eigenvalue weighted by Crippen LogP contribution is 2.24. The van der Waals surface area contributed by atoms with Crippen LogP contribution in [0.25, 0.3) is 0 Å². The summed E-state index contributed by atoms with van der Waals surface area (Å²) >= 11 is 0. The first-order valence-electron chi connectivity index (χ1n) is 4.21. The van der Waals surface area contributed by atoms with Crippen molar-refractivity contribution >= 4 is 6.21 Å². The van der Waals surface area contributed by atoms with Gasteiger partial charge in [-0.3, -0.25) is 4.99 Å². The van der Waals surface area contributed by atoms with Crippen LogP contribution in [0.4, 0.5) is 0 Å². The molecule has 0 aromatic carbocycles. The van der Waals surface area contributed by atoms with E-state index in [1.165, 1.54) is 12.8 Å². The molecule has 0 saturated carbocycles. The lowest BCUT2D eigenvalue weighted by Crippen LogP contribution is -2.19. The van der Waals surface area contributed by atoms with E-state index >= 15 is 0 Å². The van der Waals surface area contributed by atoms with Crippen molar-refractivity contribution in [1.29, 1.82) is 0 Å². The summed E-state index contributed by atoms with van der Waals surface area (Å²) in [6.45, 7) is 6.80. The SMILES string of the molecule is CC1CC(C(C)C)CC=N1. The summed E-state index contributed by atoms with van der Waals surface area (Å²) in [4.78, 5) is 4.34. The van der Waals surface area contributed by atoms with Crippen molar-refractivity contribution < 1.29 is 0 Å². The van der Waals surface area contributed by atoms with Crippen LogP contribution in [0.1, 0.15) is 33.6 Å². The highest BCUT2D eigenvalue weighted by molar-refractivity contribution is 5.58. The second-order valence-electron chi connectivity index (χ2n) is 3.66. The monoisotopic (exact) mass is 139 g/mol. The quantitative estimate of drug-likeness (QED) is 0.529. The second-order valence-corrected chi connectivity index (χ2v) is 3.66. The Labute approximate surface area is 63.5 Å². The molecule has 2 unspecified atom stereocenters. The molecule has 1 rings (SSSR count). The third kappa shape index (κ3) is 1.83. The van der Waals surface area contributed by atoms with Crippen molar-refractivity contribution in [2.75, 3.05) is 0 Å². The Morgan fingerprint density at radius 1 is 1.50 bits per heavy atom. The third-order valence-corrected chi connectivity index (χ3v) is 2.35. The van der Waals surface area contributed by atoms with Crippen molar-refractivity contribution in [2.45, 2.75) is 39.7 Å². The molecule has 58 valence electrons. The molecule has 1 nitrogen and oxygen atoms in total. The average molecular weight is 139 g/mol. The van der Waals surface area contributed by atoms with Crippen molar-refractivity contribution in [2.24, 2.45) is 16.8 Å². The second kappa shape index (κ2) is 3.18. The van der Waals surface area contributed by atoms with Gasteiger partial charge in [-0.05, 0) is 37.8 Å². The molecule has 0 saturated heterocycles. The van der Waals surface area contributed by atoms with Gasteiger partial charge in [-0.25, -0.2) is 0 Å². The Kier molecular flexibility index (Phi) is 2.47. The molecule has 1 aliphatic rings. The Balaban J connectivity index is 2.44. The molecule has 1 heterocycles. The molecule has 0 spiro atoms. The highest BCUT2D eigenvalue weighted by atomic mass is 14.8. The molecule has 1 heteroatoms. The molecule has 1 aliphatic heterocycles. The molecule has 0 aliphatic carbocycles. The summed E-state index contributed by atoms with van der Waals surface area (Å²) < 4.78 is 0. The fraction of sp³-hybridized carbons (Fsp3) is 0.889. The van der Waals surface area contributed by atoms with Crippen LogP contribution in [0.3, 0.4) is 0 Å². The Bertz CT molecular complexity index is 127.